The third-order valence-electron chi connectivity index (χ3n) is 3.44. The van der Waals surface area contributed by atoms with E-state index in [1.165, 1.54) is 6.07 Å². The average molecular weight is 275 g/mol. The molecule has 1 unspecified atom stereocenters. The fourth-order valence-electron chi connectivity index (χ4n) is 2.37. The van der Waals surface area contributed by atoms with Crippen LogP contribution in [0.1, 0.15) is 37.1 Å². The number of nitrogens with zero attached hydrogens (tertiary/aromatic N) is 2. The first kappa shape index (κ1) is 14.7. The van der Waals surface area contributed by atoms with Gasteiger partial charge in [-0.05, 0) is 45.0 Å². The van der Waals surface area contributed by atoms with E-state index < -0.39 is 0 Å². The Balaban J connectivity index is 2.19. The molecule has 1 heterocycles. The van der Waals surface area contributed by atoms with Crippen molar-refractivity contribution in [3.05, 3.63) is 53.6 Å². The number of hydrogen-bond acceptors (Lipinski definition) is 2. The number of hydrogen-bond donors (Lipinski definition) is 1. The number of likely N-dealkylation sites (N-methyl/N-ethyl adjacent to an activating group) is 1. The molecule has 0 saturated heterocycles. The van der Waals surface area contributed by atoms with Crippen molar-refractivity contribution >= 4 is 0 Å². The summed E-state index contributed by atoms with van der Waals surface area (Å²) in [6, 6.07) is 9.35. The molecule has 1 aromatic carbocycles. The second-order valence-electron chi connectivity index (χ2n) is 5.36. The molecule has 0 aliphatic carbocycles. The fourth-order valence-corrected chi connectivity index (χ4v) is 2.37. The summed E-state index contributed by atoms with van der Waals surface area (Å²) >= 11 is 0. The van der Waals surface area contributed by atoms with Crippen LogP contribution >= 0.6 is 0 Å². The summed E-state index contributed by atoms with van der Waals surface area (Å²) in [5.41, 5.74) is 1.75. The number of nitrogens with one attached hydrogen (secondary N) is 1. The van der Waals surface area contributed by atoms with E-state index >= 15 is 0 Å². The molecule has 4 heteroatoms. The minimum atomic E-state index is -0.143. The van der Waals surface area contributed by atoms with Crippen LogP contribution in [0.2, 0.25) is 0 Å². The molecule has 0 amide bonds. The molecule has 0 spiro atoms. The summed E-state index contributed by atoms with van der Waals surface area (Å²) < 4.78 is 15.9. The summed E-state index contributed by atoms with van der Waals surface area (Å²) in [5.74, 6) is -0.0484. The Morgan fingerprint density at radius 1 is 1.25 bits per heavy atom. The third kappa shape index (κ3) is 3.45. The van der Waals surface area contributed by atoms with E-state index in [0.29, 0.717) is 6.04 Å². The lowest BCUT2D eigenvalue weighted by molar-refractivity contribution is 0.514. The van der Waals surface area contributed by atoms with E-state index in [1.807, 2.05) is 36.1 Å². The Morgan fingerprint density at radius 2 is 2.00 bits per heavy atom. The summed E-state index contributed by atoms with van der Waals surface area (Å²) in [6.07, 6.45) is 2.72. The van der Waals surface area contributed by atoms with Crippen LogP contribution in [0.25, 0.3) is 0 Å². The minimum Gasteiger partial charge on any atom is -0.319 e. The van der Waals surface area contributed by atoms with Gasteiger partial charge in [0.25, 0.3) is 0 Å². The van der Waals surface area contributed by atoms with Crippen LogP contribution < -0.4 is 5.32 Å². The molecule has 0 aliphatic rings. The number of aromatic nitrogens is 2. The molecule has 1 aromatic heterocycles. The normalized spacial score (nSPS) is 12.8. The molecule has 3 nitrogen and oxygen atoms in total. The van der Waals surface area contributed by atoms with Gasteiger partial charge < -0.3 is 5.32 Å². The SMILES string of the molecule is CNCC(Cc1ccn(C(C)C)n1)c1ccccc1F. The van der Waals surface area contributed by atoms with Crippen molar-refractivity contribution in [3.63, 3.8) is 0 Å². The van der Waals surface area contributed by atoms with E-state index in [4.69, 9.17) is 0 Å². The van der Waals surface area contributed by atoms with Crippen molar-refractivity contribution in [2.45, 2.75) is 32.2 Å². The van der Waals surface area contributed by atoms with Gasteiger partial charge in [-0.3, -0.25) is 4.68 Å². The average Bonchev–Trinajstić information content (AvgIpc) is 2.88. The van der Waals surface area contributed by atoms with E-state index in [2.05, 4.69) is 24.3 Å². The predicted molar refractivity (Wildman–Crippen MR) is 79.4 cm³/mol. The van der Waals surface area contributed by atoms with Gasteiger partial charge in [0.1, 0.15) is 5.82 Å². The number of halogens is 1. The van der Waals surface area contributed by atoms with Gasteiger partial charge in [0, 0.05) is 24.7 Å². The highest BCUT2D eigenvalue weighted by Crippen LogP contribution is 2.22. The van der Waals surface area contributed by atoms with Gasteiger partial charge in [-0.1, -0.05) is 18.2 Å². The summed E-state index contributed by atoms with van der Waals surface area (Å²) in [7, 11) is 1.89. The lowest BCUT2D eigenvalue weighted by atomic mass is 9.94. The first-order valence-corrected chi connectivity index (χ1v) is 7.05. The third-order valence-corrected chi connectivity index (χ3v) is 3.44. The maximum Gasteiger partial charge on any atom is 0.126 e. The Morgan fingerprint density at radius 3 is 2.60 bits per heavy atom. The van der Waals surface area contributed by atoms with Gasteiger partial charge >= 0.3 is 0 Å². The molecule has 0 fully saturated rings. The van der Waals surface area contributed by atoms with E-state index in [9.17, 15) is 4.39 Å². The lowest BCUT2D eigenvalue weighted by Crippen LogP contribution is -2.20. The van der Waals surface area contributed by atoms with Gasteiger partial charge in [0.05, 0.1) is 5.69 Å². The highest BCUT2D eigenvalue weighted by atomic mass is 19.1. The topological polar surface area (TPSA) is 29.9 Å². The summed E-state index contributed by atoms with van der Waals surface area (Å²) in [6.45, 7) is 4.92. The van der Waals surface area contributed by atoms with Gasteiger partial charge in [0.2, 0.25) is 0 Å². The van der Waals surface area contributed by atoms with Crippen molar-refractivity contribution in [2.24, 2.45) is 0 Å². The van der Waals surface area contributed by atoms with Crippen molar-refractivity contribution in [1.82, 2.24) is 15.1 Å². The van der Waals surface area contributed by atoms with Crippen LogP contribution in [0.15, 0.2) is 36.5 Å². The molecule has 20 heavy (non-hydrogen) atoms. The van der Waals surface area contributed by atoms with E-state index in [1.54, 1.807) is 6.07 Å². The molecule has 1 atom stereocenters. The predicted octanol–water partition coefficient (Wildman–Crippen LogP) is 3.15. The van der Waals surface area contributed by atoms with Gasteiger partial charge in [0.15, 0.2) is 0 Å². The van der Waals surface area contributed by atoms with Gasteiger partial charge in [-0.25, -0.2) is 4.39 Å². The molecular formula is C16H22FN3. The molecule has 1 N–H and O–H groups in total. The number of rotatable bonds is 6. The Hall–Kier alpha value is -1.68. The Kier molecular flexibility index (Phi) is 4.90. The van der Waals surface area contributed by atoms with Crippen molar-refractivity contribution < 1.29 is 4.39 Å². The summed E-state index contributed by atoms with van der Waals surface area (Å²) in [5, 5.41) is 7.70. The van der Waals surface area contributed by atoms with Crippen molar-refractivity contribution in [3.8, 4) is 0 Å². The standard InChI is InChI=1S/C16H22FN3/c1-12(2)20-9-8-14(19-20)10-13(11-18-3)15-6-4-5-7-16(15)17/h4-9,12-13,18H,10-11H2,1-3H3. The molecular weight excluding hydrogens is 253 g/mol. The zero-order valence-electron chi connectivity index (χ0n) is 12.3. The monoisotopic (exact) mass is 275 g/mol. The quantitative estimate of drug-likeness (QED) is 0.877. The van der Waals surface area contributed by atoms with E-state index in [-0.39, 0.29) is 11.7 Å². The van der Waals surface area contributed by atoms with Crippen LogP contribution in [0.4, 0.5) is 4.39 Å². The zero-order chi connectivity index (χ0) is 14.5. The maximum absolute atomic E-state index is 13.9. The first-order chi connectivity index (χ1) is 9.61. The largest absolute Gasteiger partial charge is 0.319 e. The highest BCUT2D eigenvalue weighted by Gasteiger charge is 2.17. The zero-order valence-corrected chi connectivity index (χ0v) is 12.3. The molecule has 0 saturated carbocycles. The molecule has 108 valence electrons. The van der Waals surface area contributed by atoms with Crippen molar-refractivity contribution in [2.75, 3.05) is 13.6 Å². The second kappa shape index (κ2) is 6.66. The minimum absolute atomic E-state index is 0.0942. The molecule has 0 aliphatic heterocycles. The van der Waals surface area contributed by atoms with Crippen LogP contribution in [0.3, 0.4) is 0 Å². The Labute approximate surface area is 119 Å². The smallest absolute Gasteiger partial charge is 0.126 e. The lowest BCUT2D eigenvalue weighted by Gasteiger charge is -2.16. The van der Waals surface area contributed by atoms with Crippen molar-refractivity contribution in [1.29, 1.82) is 0 Å². The van der Waals surface area contributed by atoms with Gasteiger partial charge in [-0.2, -0.15) is 5.10 Å². The number of benzene rings is 1. The van der Waals surface area contributed by atoms with Crippen LogP contribution in [-0.4, -0.2) is 23.4 Å². The molecule has 2 aromatic rings. The Bertz CT molecular complexity index is 548. The molecule has 0 bridgehead atoms. The van der Waals surface area contributed by atoms with Crippen LogP contribution in [0.5, 0.6) is 0 Å². The summed E-state index contributed by atoms with van der Waals surface area (Å²) in [4.78, 5) is 0. The highest BCUT2D eigenvalue weighted by molar-refractivity contribution is 5.24. The molecule has 2 rings (SSSR count). The fraction of sp³-hybridized carbons (Fsp3) is 0.438. The van der Waals surface area contributed by atoms with E-state index in [0.717, 1.165) is 24.2 Å². The maximum atomic E-state index is 13.9. The van der Waals surface area contributed by atoms with Gasteiger partial charge in [-0.15, -0.1) is 0 Å². The van der Waals surface area contributed by atoms with Crippen LogP contribution in [0, 0.1) is 5.82 Å². The first-order valence-electron chi connectivity index (χ1n) is 7.05. The van der Waals surface area contributed by atoms with Crippen LogP contribution in [-0.2, 0) is 6.42 Å². The molecule has 0 radical (unpaired) electrons. The second-order valence-corrected chi connectivity index (χ2v) is 5.36.